The molecule has 0 radical (unpaired) electrons. The van der Waals surface area contributed by atoms with Crippen molar-refractivity contribution in [3.8, 4) is 11.5 Å². The molecule has 0 saturated heterocycles. The van der Waals surface area contributed by atoms with Gasteiger partial charge in [0.15, 0.2) is 11.7 Å². The number of nitrogens with zero attached hydrogens (tertiary/aromatic N) is 1. The highest BCUT2D eigenvalue weighted by Crippen LogP contribution is 2.33. The number of ether oxygens (including phenoxy) is 3. The Labute approximate surface area is 244 Å². The van der Waals surface area contributed by atoms with Crippen molar-refractivity contribution in [1.82, 2.24) is 16.1 Å². The Morgan fingerprint density at radius 1 is 1.02 bits per heavy atom. The monoisotopic (exact) mass is 572 g/mol. The summed E-state index contributed by atoms with van der Waals surface area (Å²) in [5.41, 5.74) is 7.16. The molecule has 10 heteroatoms. The molecule has 0 saturated carbocycles. The fraction of sp³-hybridized carbons (Fsp3) is 0.226. The zero-order valence-electron chi connectivity index (χ0n) is 23.1. The van der Waals surface area contributed by atoms with Gasteiger partial charge in [0.1, 0.15) is 18.1 Å². The molecule has 1 heterocycles. The number of esters is 1. The molecule has 0 fully saturated rings. The van der Waals surface area contributed by atoms with E-state index in [1.54, 1.807) is 32.0 Å². The van der Waals surface area contributed by atoms with Crippen LogP contribution in [0.25, 0.3) is 0 Å². The van der Waals surface area contributed by atoms with Gasteiger partial charge in [0.2, 0.25) is 0 Å². The topological polar surface area (TPSA) is 110 Å². The first-order valence-electron chi connectivity index (χ1n) is 13.1. The molecular weight excluding hydrogens is 540 g/mol. The lowest BCUT2D eigenvalue weighted by molar-refractivity contribution is -0.139. The van der Waals surface area contributed by atoms with Gasteiger partial charge in [-0.15, -0.1) is 0 Å². The zero-order chi connectivity index (χ0) is 29.2. The lowest BCUT2D eigenvalue weighted by Gasteiger charge is -2.30. The summed E-state index contributed by atoms with van der Waals surface area (Å²) in [6.45, 7) is 5.98. The number of carbonyl (C=O) groups is 2. The van der Waals surface area contributed by atoms with Gasteiger partial charge in [0.25, 0.3) is 5.91 Å². The Morgan fingerprint density at radius 2 is 1.80 bits per heavy atom. The van der Waals surface area contributed by atoms with E-state index in [-0.39, 0.29) is 13.2 Å². The summed E-state index contributed by atoms with van der Waals surface area (Å²) >= 11 is 5.31. The van der Waals surface area contributed by atoms with Gasteiger partial charge in [0, 0.05) is 11.3 Å². The van der Waals surface area contributed by atoms with Gasteiger partial charge < -0.3 is 24.8 Å². The van der Waals surface area contributed by atoms with Crippen molar-refractivity contribution in [3.63, 3.8) is 0 Å². The molecule has 0 unspecified atom stereocenters. The largest absolute Gasteiger partial charge is 0.489 e. The zero-order valence-corrected chi connectivity index (χ0v) is 23.9. The van der Waals surface area contributed by atoms with Gasteiger partial charge in [-0.2, -0.15) is 5.10 Å². The molecule has 3 N–H and O–H groups in total. The predicted molar refractivity (Wildman–Crippen MR) is 161 cm³/mol. The number of hydrogen-bond donors (Lipinski definition) is 3. The van der Waals surface area contributed by atoms with Crippen molar-refractivity contribution in [2.75, 3.05) is 13.2 Å². The minimum Gasteiger partial charge on any atom is -0.489 e. The van der Waals surface area contributed by atoms with Crippen LogP contribution in [0.5, 0.6) is 11.5 Å². The Hall–Kier alpha value is -4.70. The molecule has 41 heavy (non-hydrogen) atoms. The van der Waals surface area contributed by atoms with Crippen molar-refractivity contribution < 1.29 is 23.8 Å². The minimum absolute atomic E-state index is 0.234. The first-order chi connectivity index (χ1) is 19.8. The number of carbonyl (C=O) groups excluding carboxylic acids is 2. The summed E-state index contributed by atoms with van der Waals surface area (Å²) in [6.07, 6.45) is 1.54. The van der Waals surface area contributed by atoms with Gasteiger partial charge in [-0.05, 0) is 74.4 Å². The quantitative estimate of drug-likeness (QED) is 0.134. The second-order valence-corrected chi connectivity index (χ2v) is 9.67. The summed E-state index contributed by atoms with van der Waals surface area (Å²) in [6, 6.07) is 22.1. The maximum Gasteiger partial charge on any atom is 0.338 e. The number of benzene rings is 3. The normalized spacial score (nSPS) is 14.7. The predicted octanol–water partition coefficient (Wildman–Crippen LogP) is 4.46. The fourth-order valence-corrected chi connectivity index (χ4v) is 4.50. The number of allylic oxidation sites excluding steroid dienone is 1. The number of nitrogens with one attached hydrogen (secondary N) is 3. The molecule has 0 aliphatic carbocycles. The van der Waals surface area contributed by atoms with Gasteiger partial charge >= 0.3 is 5.97 Å². The van der Waals surface area contributed by atoms with Crippen molar-refractivity contribution in [3.05, 3.63) is 106 Å². The highest BCUT2D eigenvalue weighted by atomic mass is 32.1. The molecule has 0 aromatic heterocycles. The van der Waals surface area contributed by atoms with Gasteiger partial charge in [-0.25, -0.2) is 10.2 Å². The molecular formula is C31H32N4O5S. The molecule has 1 amide bonds. The summed E-state index contributed by atoms with van der Waals surface area (Å²) in [5.74, 6) is 0.245. The lowest BCUT2D eigenvalue weighted by atomic mass is 9.95. The third-order valence-electron chi connectivity index (χ3n) is 6.12. The van der Waals surface area contributed by atoms with Crippen LogP contribution in [0.3, 0.4) is 0 Å². The number of hydrogen-bond acceptors (Lipinski definition) is 7. The molecule has 3 aromatic carbocycles. The van der Waals surface area contributed by atoms with Crippen molar-refractivity contribution in [2.45, 2.75) is 33.4 Å². The highest BCUT2D eigenvalue weighted by molar-refractivity contribution is 7.80. The second kappa shape index (κ2) is 14.1. The van der Waals surface area contributed by atoms with Gasteiger partial charge in [-0.3, -0.25) is 4.79 Å². The number of amides is 1. The van der Waals surface area contributed by atoms with Gasteiger partial charge in [0.05, 0.1) is 24.4 Å². The smallest absolute Gasteiger partial charge is 0.338 e. The Morgan fingerprint density at radius 3 is 2.56 bits per heavy atom. The molecule has 1 atom stereocenters. The molecule has 0 spiro atoms. The van der Waals surface area contributed by atoms with Crippen LogP contribution in [0.1, 0.15) is 42.1 Å². The van der Waals surface area contributed by atoms with Crippen molar-refractivity contribution in [2.24, 2.45) is 5.10 Å². The van der Waals surface area contributed by atoms with E-state index in [2.05, 4.69) is 27.2 Å². The Balaban J connectivity index is 1.32. The van der Waals surface area contributed by atoms with E-state index in [0.29, 0.717) is 34.3 Å². The van der Waals surface area contributed by atoms with E-state index < -0.39 is 17.9 Å². The van der Waals surface area contributed by atoms with Crippen LogP contribution < -0.4 is 25.5 Å². The molecule has 1 aliphatic heterocycles. The average molecular weight is 573 g/mol. The lowest BCUT2D eigenvalue weighted by Crippen LogP contribution is -2.45. The third-order valence-corrected chi connectivity index (χ3v) is 6.34. The summed E-state index contributed by atoms with van der Waals surface area (Å²) in [7, 11) is 0. The van der Waals surface area contributed by atoms with Crippen LogP contribution in [0.4, 0.5) is 0 Å². The third kappa shape index (κ3) is 8.15. The molecule has 4 rings (SSSR count). The molecule has 3 aromatic rings. The van der Waals surface area contributed by atoms with E-state index in [4.69, 9.17) is 26.4 Å². The minimum atomic E-state index is -0.608. The second-order valence-electron chi connectivity index (χ2n) is 9.26. The highest BCUT2D eigenvalue weighted by Gasteiger charge is 2.32. The van der Waals surface area contributed by atoms with Crippen molar-refractivity contribution in [1.29, 1.82) is 0 Å². The first kappa shape index (κ1) is 29.3. The van der Waals surface area contributed by atoms with Crippen LogP contribution in [-0.2, 0) is 20.9 Å². The average Bonchev–Trinajstić information content (AvgIpc) is 2.95. The molecule has 0 bridgehead atoms. The summed E-state index contributed by atoms with van der Waals surface area (Å²) in [5, 5.41) is 10.5. The number of hydrazone groups is 1. The van der Waals surface area contributed by atoms with Crippen LogP contribution in [0.2, 0.25) is 0 Å². The number of aryl methyl sites for hydroxylation is 1. The van der Waals surface area contributed by atoms with Gasteiger partial charge in [-0.1, -0.05) is 48.0 Å². The summed E-state index contributed by atoms with van der Waals surface area (Å²) < 4.78 is 16.9. The SMILES string of the molecule is CCOC(=O)C1=C(C)NC(=S)N[C@@H]1c1ccccc1OCC(=O)NN=Cc1ccc(OCc2cccc(C)c2)cc1. The van der Waals surface area contributed by atoms with E-state index in [1.807, 2.05) is 55.5 Å². The Kier molecular flexibility index (Phi) is 10.1. The van der Waals surface area contributed by atoms with Crippen LogP contribution in [0.15, 0.2) is 89.2 Å². The standard InChI is InChI=1S/C31H32N4O5S/c1-4-38-30(37)28-21(3)33-31(41)34-29(28)25-10-5-6-11-26(25)40-19-27(36)35-32-17-22-12-14-24(15-13-22)39-18-23-9-7-8-20(2)16-23/h5-17,29H,4,18-19H2,1-3H3,(H,35,36)(H2,33,34,41)/t29-/m1/s1. The number of para-hydroxylation sites is 1. The molecule has 1 aliphatic rings. The van der Waals surface area contributed by atoms with Crippen LogP contribution in [-0.4, -0.2) is 36.4 Å². The first-order valence-corrected chi connectivity index (χ1v) is 13.5. The van der Waals surface area contributed by atoms with E-state index >= 15 is 0 Å². The van der Waals surface area contributed by atoms with Crippen molar-refractivity contribution >= 4 is 35.4 Å². The number of rotatable bonds is 11. The maximum absolute atomic E-state index is 12.7. The fourth-order valence-electron chi connectivity index (χ4n) is 4.23. The Bertz CT molecular complexity index is 1470. The summed E-state index contributed by atoms with van der Waals surface area (Å²) in [4.78, 5) is 25.2. The number of thiocarbonyl (C=S) groups is 1. The molecule has 9 nitrogen and oxygen atoms in total. The van der Waals surface area contributed by atoms with E-state index in [0.717, 1.165) is 16.9 Å². The molecule has 212 valence electrons. The van der Waals surface area contributed by atoms with E-state index in [1.165, 1.54) is 11.8 Å². The van der Waals surface area contributed by atoms with Crippen LogP contribution >= 0.6 is 12.2 Å². The van der Waals surface area contributed by atoms with E-state index in [9.17, 15) is 9.59 Å². The maximum atomic E-state index is 12.7. The van der Waals surface area contributed by atoms with Crippen LogP contribution in [0, 0.1) is 6.92 Å².